The van der Waals surface area contributed by atoms with Gasteiger partial charge in [0, 0.05) is 26.7 Å². The molecule has 0 aromatic rings. The van der Waals surface area contributed by atoms with Gasteiger partial charge >= 0.3 is 5.97 Å². The fraction of sp³-hybridized carbons (Fsp3) is 0.917. The molecule has 0 spiro atoms. The zero-order valence-electron chi connectivity index (χ0n) is 11.7. The van der Waals surface area contributed by atoms with Crippen LogP contribution in [0.25, 0.3) is 0 Å². The SMILES string of the molecule is COC1(CNS(=O)(=O)N2CCC(C(=O)O)CC2)CCC1. The maximum absolute atomic E-state index is 12.2. The first-order valence-corrected chi connectivity index (χ1v) is 8.35. The summed E-state index contributed by atoms with van der Waals surface area (Å²) in [5.74, 6) is -1.28. The van der Waals surface area contributed by atoms with Crippen molar-refractivity contribution >= 4 is 16.2 Å². The molecule has 1 saturated carbocycles. The van der Waals surface area contributed by atoms with Crippen molar-refractivity contribution in [2.75, 3.05) is 26.7 Å². The summed E-state index contributed by atoms with van der Waals surface area (Å²) in [5.41, 5.74) is -0.355. The Morgan fingerprint density at radius 1 is 1.40 bits per heavy atom. The predicted molar refractivity (Wildman–Crippen MR) is 72.4 cm³/mol. The van der Waals surface area contributed by atoms with E-state index in [1.165, 1.54) is 4.31 Å². The van der Waals surface area contributed by atoms with Gasteiger partial charge in [-0.3, -0.25) is 4.79 Å². The highest BCUT2D eigenvalue weighted by atomic mass is 32.2. The lowest BCUT2D eigenvalue weighted by atomic mass is 9.80. The van der Waals surface area contributed by atoms with Crippen molar-refractivity contribution in [3.8, 4) is 0 Å². The maximum atomic E-state index is 12.2. The Labute approximate surface area is 119 Å². The van der Waals surface area contributed by atoms with E-state index in [0.29, 0.717) is 12.8 Å². The molecule has 0 unspecified atom stereocenters. The van der Waals surface area contributed by atoms with Crippen molar-refractivity contribution in [1.29, 1.82) is 0 Å². The van der Waals surface area contributed by atoms with Crippen molar-refractivity contribution in [3.63, 3.8) is 0 Å². The number of ether oxygens (including phenoxy) is 1. The van der Waals surface area contributed by atoms with E-state index in [0.717, 1.165) is 19.3 Å². The van der Waals surface area contributed by atoms with Crippen LogP contribution < -0.4 is 4.72 Å². The number of aliphatic carboxylic acids is 1. The molecule has 0 aromatic carbocycles. The van der Waals surface area contributed by atoms with Gasteiger partial charge in [0.25, 0.3) is 10.2 Å². The first kappa shape index (κ1) is 15.7. The lowest BCUT2D eigenvalue weighted by Crippen LogP contribution is -2.53. The summed E-state index contributed by atoms with van der Waals surface area (Å²) in [4.78, 5) is 10.9. The predicted octanol–water partition coefficient (Wildman–Crippen LogP) is 0.187. The summed E-state index contributed by atoms with van der Waals surface area (Å²) in [7, 11) is -1.94. The van der Waals surface area contributed by atoms with Crippen LogP contribution in [0.3, 0.4) is 0 Å². The molecule has 7 nitrogen and oxygen atoms in total. The lowest BCUT2D eigenvalue weighted by Gasteiger charge is -2.41. The zero-order chi connectivity index (χ0) is 14.8. The number of nitrogens with one attached hydrogen (secondary N) is 1. The van der Waals surface area contributed by atoms with Gasteiger partial charge in [-0.2, -0.15) is 17.4 Å². The molecule has 1 saturated heterocycles. The number of carboxylic acid groups (broad SMARTS) is 1. The van der Waals surface area contributed by atoms with Gasteiger partial charge in [0.1, 0.15) is 0 Å². The number of nitrogens with zero attached hydrogens (tertiary/aromatic N) is 1. The highest BCUT2D eigenvalue weighted by Gasteiger charge is 2.39. The lowest BCUT2D eigenvalue weighted by molar-refractivity contribution is -0.142. The zero-order valence-corrected chi connectivity index (χ0v) is 12.5. The van der Waals surface area contributed by atoms with E-state index in [-0.39, 0.29) is 25.2 Å². The summed E-state index contributed by atoms with van der Waals surface area (Å²) in [6, 6.07) is 0. The smallest absolute Gasteiger partial charge is 0.306 e. The van der Waals surface area contributed by atoms with Gasteiger partial charge in [0.05, 0.1) is 11.5 Å². The van der Waals surface area contributed by atoms with Crippen LogP contribution in [0.4, 0.5) is 0 Å². The third-order valence-electron chi connectivity index (χ3n) is 4.42. The molecule has 0 radical (unpaired) electrons. The van der Waals surface area contributed by atoms with E-state index in [1.807, 2.05) is 0 Å². The second-order valence-corrected chi connectivity index (χ2v) is 7.33. The molecule has 0 amide bonds. The Bertz CT molecular complexity index is 447. The van der Waals surface area contributed by atoms with Crippen molar-refractivity contribution < 1.29 is 23.1 Å². The van der Waals surface area contributed by atoms with E-state index in [2.05, 4.69) is 4.72 Å². The Morgan fingerprint density at radius 3 is 2.40 bits per heavy atom. The molecule has 2 fully saturated rings. The number of piperidine rings is 1. The third kappa shape index (κ3) is 3.30. The van der Waals surface area contributed by atoms with E-state index < -0.39 is 22.1 Å². The Balaban J connectivity index is 1.86. The fourth-order valence-corrected chi connectivity index (χ4v) is 4.00. The van der Waals surface area contributed by atoms with Gasteiger partial charge in [-0.05, 0) is 32.1 Å². The monoisotopic (exact) mass is 306 g/mol. The van der Waals surface area contributed by atoms with Gasteiger partial charge in [-0.1, -0.05) is 0 Å². The van der Waals surface area contributed by atoms with Gasteiger partial charge in [0.2, 0.25) is 0 Å². The maximum Gasteiger partial charge on any atom is 0.306 e. The van der Waals surface area contributed by atoms with E-state index in [4.69, 9.17) is 9.84 Å². The highest BCUT2D eigenvalue weighted by molar-refractivity contribution is 7.87. The molecule has 8 heteroatoms. The second-order valence-electron chi connectivity index (χ2n) is 5.58. The average Bonchev–Trinajstić information content (AvgIpc) is 2.38. The minimum absolute atomic E-state index is 0.256. The Kier molecular flexibility index (Phi) is 4.68. The normalized spacial score (nSPS) is 24.2. The first-order chi connectivity index (χ1) is 9.38. The number of methoxy groups -OCH3 is 1. The summed E-state index contributed by atoms with van der Waals surface area (Å²) in [6.45, 7) is 0.795. The Hall–Kier alpha value is -0.700. The van der Waals surface area contributed by atoms with Gasteiger partial charge in [-0.25, -0.2) is 0 Å². The Morgan fingerprint density at radius 2 is 2.00 bits per heavy atom. The second kappa shape index (κ2) is 5.97. The molecule has 0 aromatic heterocycles. The standard InChI is InChI=1S/C12H22N2O5S/c1-19-12(5-2-6-12)9-13-20(17,18)14-7-3-10(4-8-14)11(15)16/h10,13H,2-9H2,1H3,(H,15,16). The summed E-state index contributed by atoms with van der Waals surface area (Å²) >= 11 is 0. The fourth-order valence-electron chi connectivity index (χ4n) is 2.68. The third-order valence-corrected chi connectivity index (χ3v) is 5.97. The molecule has 1 aliphatic carbocycles. The van der Waals surface area contributed by atoms with Crippen molar-refractivity contribution in [2.24, 2.45) is 5.92 Å². The molecule has 1 aliphatic heterocycles. The van der Waals surface area contributed by atoms with Crippen LogP contribution in [0.2, 0.25) is 0 Å². The molecule has 2 N–H and O–H groups in total. The van der Waals surface area contributed by atoms with E-state index in [9.17, 15) is 13.2 Å². The molecular weight excluding hydrogens is 284 g/mol. The molecule has 116 valence electrons. The van der Waals surface area contributed by atoms with Crippen LogP contribution in [0.15, 0.2) is 0 Å². The van der Waals surface area contributed by atoms with Crippen LogP contribution in [0.1, 0.15) is 32.1 Å². The molecule has 0 bridgehead atoms. The van der Waals surface area contributed by atoms with Crippen molar-refractivity contribution in [1.82, 2.24) is 9.03 Å². The van der Waals surface area contributed by atoms with Crippen LogP contribution in [-0.4, -0.2) is 56.1 Å². The molecule has 2 aliphatic rings. The van der Waals surface area contributed by atoms with Gasteiger partial charge in [-0.15, -0.1) is 0 Å². The molecular formula is C12H22N2O5S. The van der Waals surface area contributed by atoms with Gasteiger partial charge in [0.15, 0.2) is 0 Å². The molecule has 1 heterocycles. The number of carbonyl (C=O) groups is 1. The minimum Gasteiger partial charge on any atom is -0.481 e. The number of rotatable bonds is 6. The molecule has 2 rings (SSSR count). The van der Waals surface area contributed by atoms with Crippen molar-refractivity contribution in [2.45, 2.75) is 37.7 Å². The quantitative estimate of drug-likeness (QED) is 0.730. The average molecular weight is 306 g/mol. The van der Waals surface area contributed by atoms with Crippen LogP contribution in [-0.2, 0) is 19.7 Å². The van der Waals surface area contributed by atoms with Crippen LogP contribution >= 0.6 is 0 Å². The molecule has 0 atom stereocenters. The topological polar surface area (TPSA) is 95.9 Å². The van der Waals surface area contributed by atoms with E-state index in [1.54, 1.807) is 7.11 Å². The van der Waals surface area contributed by atoms with Gasteiger partial charge < -0.3 is 9.84 Å². The summed E-state index contributed by atoms with van der Waals surface area (Å²) in [5, 5.41) is 8.91. The summed E-state index contributed by atoms with van der Waals surface area (Å²) < 4.78 is 33.7. The number of hydrogen-bond acceptors (Lipinski definition) is 4. The van der Waals surface area contributed by atoms with Crippen LogP contribution in [0, 0.1) is 5.92 Å². The minimum atomic E-state index is -3.54. The molecule has 20 heavy (non-hydrogen) atoms. The number of carboxylic acids is 1. The number of hydrogen-bond donors (Lipinski definition) is 2. The van der Waals surface area contributed by atoms with Crippen molar-refractivity contribution in [3.05, 3.63) is 0 Å². The highest BCUT2D eigenvalue weighted by Crippen LogP contribution is 2.34. The summed E-state index contributed by atoms with van der Waals surface area (Å²) in [6.07, 6.45) is 3.52. The van der Waals surface area contributed by atoms with Crippen LogP contribution in [0.5, 0.6) is 0 Å². The largest absolute Gasteiger partial charge is 0.481 e. The van der Waals surface area contributed by atoms with E-state index >= 15 is 0 Å². The first-order valence-electron chi connectivity index (χ1n) is 6.91.